The van der Waals surface area contributed by atoms with Crippen molar-refractivity contribution in [3.8, 4) is 23.0 Å². The highest BCUT2D eigenvalue weighted by Crippen LogP contribution is 2.41. The topological polar surface area (TPSA) is 366 Å². The molecule has 620 valence electrons. The van der Waals surface area contributed by atoms with Gasteiger partial charge in [-0.15, -0.1) is 0 Å². The van der Waals surface area contributed by atoms with Crippen LogP contribution in [0.5, 0.6) is 23.0 Å². The highest BCUT2D eigenvalue weighted by atomic mass is 28.4. The minimum atomic E-state index is -2.22. The maximum Gasteiger partial charge on any atom is 0.411 e. The first kappa shape index (κ1) is 91.7. The Balaban J connectivity index is 1.18. The Morgan fingerprint density at radius 3 is 1.15 bits per heavy atom. The number of anilines is 4. The summed E-state index contributed by atoms with van der Waals surface area (Å²) in [4.78, 5) is 138. The fourth-order valence-corrected chi connectivity index (χ4v) is 13.5. The fraction of sp³-hybridized carbons (Fsp3) is 0.531. The van der Waals surface area contributed by atoms with Crippen molar-refractivity contribution < 1.29 is 94.7 Å². The van der Waals surface area contributed by atoms with E-state index in [9.17, 15) is 47.9 Å². The van der Waals surface area contributed by atoms with E-state index in [1.807, 2.05) is 0 Å². The normalized spacial score (nSPS) is 15.4. The third-order valence-corrected chi connectivity index (χ3v) is 29.3. The van der Waals surface area contributed by atoms with Gasteiger partial charge in [-0.2, -0.15) is 0 Å². The molecule has 2 fully saturated rings. The van der Waals surface area contributed by atoms with E-state index < -0.39 is 88.8 Å². The number of benzene rings is 4. The van der Waals surface area contributed by atoms with Gasteiger partial charge in [0.2, 0.25) is 23.6 Å². The van der Waals surface area contributed by atoms with E-state index in [1.54, 1.807) is 86.0 Å². The first-order valence-corrected chi connectivity index (χ1v) is 44.0. The number of nitrogens with one attached hydrogen (secondary N) is 8. The third kappa shape index (κ3) is 27.0. The van der Waals surface area contributed by atoms with Crippen LogP contribution >= 0.6 is 0 Å². The molecule has 0 aliphatic carbocycles. The molecular formula is C81H118N10O20Si2. The van der Waals surface area contributed by atoms with Gasteiger partial charge in [-0.1, -0.05) is 119 Å². The van der Waals surface area contributed by atoms with Crippen molar-refractivity contribution in [3.05, 3.63) is 120 Å². The van der Waals surface area contributed by atoms with E-state index in [4.69, 9.17) is 46.7 Å². The number of alkyl carbamates (subject to hydrolysis) is 2. The molecule has 2 saturated heterocycles. The average molecular weight is 1610 g/mol. The third-order valence-electron chi connectivity index (χ3n) is 20.3. The van der Waals surface area contributed by atoms with Crippen molar-refractivity contribution in [1.82, 2.24) is 31.1 Å². The second-order valence-electron chi connectivity index (χ2n) is 31.6. The van der Waals surface area contributed by atoms with Gasteiger partial charge in [0.1, 0.15) is 50.6 Å². The van der Waals surface area contributed by atoms with E-state index in [-0.39, 0.29) is 137 Å². The van der Waals surface area contributed by atoms with E-state index in [1.165, 1.54) is 64.5 Å². The number of rotatable bonds is 38. The number of likely N-dealkylation sites (tertiary alicyclic amines) is 2. The van der Waals surface area contributed by atoms with Gasteiger partial charge in [-0.05, 0) is 135 Å². The average Bonchev–Trinajstić information content (AvgIpc) is 1.65. The molecule has 2 heterocycles. The summed E-state index contributed by atoms with van der Waals surface area (Å²) in [7, 11) is -1.58. The molecule has 2 aliphatic rings. The zero-order chi connectivity index (χ0) is 83.7. The molecule has 6 rings (SSSR count). The van der Waals surface area contributed by atoms with Crippen molar-refractivity contribution in [2.45, 2.75) is 201 Å². The summed E-state index contributed by atoms with van der Waals surface area (Å²) in [5.41, 5.74) is 2.20. The Kier molecular flexibility index (Phi) is 34.1. The van der Waals surface area contributed by atoms with Crippen LogP contribution in [0.3, 0.4) is 0 Å². The lowest BCUT2D eigenvalue weighted by molar-refractivity contribution is -0.128. The highest BCUT2D eigenvalue weighted by molar-refractivity contribution is 6.74. The number of nitrogens with zero attached hydrogens (tertiary/aromatic N) is 2. The number of amides is 10. The fourth-order valence-electron chi connectivity index (χ4n) is 11.4. The number of ether oxygens (including phenoxy) is 8. The van der Waals surface area contributed by atoms with Crippen LogP contribution in [0.25, 0.3) is 0 Å². The van der Waals surface area contributed by atoms with Gasteiger partial charge in [-0.25, -0.2) is 19.2 Å². The summed E-state index contributed by atoms with van der Waals surface area (Å²) < 4.78 is 59.1. The quantitative estimate of drug-likeness (QED) is 0.00894. The lowest BCUT2D eigenvalue weighted by Crippen LogP contribution is -2.53. The van der Waals surface area contributed by atoms with Crippen LogP contribution < -0.4 is 61.5 Å². The van der Waals surface area contributed by atoms with Gasteiger partial charge < -0.3 is 88.4 Å². The summed E-state index contributed by atoms with van der Waals surface area (Å²) in [6.07, 6.45) is 2.46. The number of carbonyl (C=O) groups excluding carboxylic acids is 10. The first-order chi connectivity index (χ1) is 53.2. The first-order valence-electron chi connectivity index (χ1n) is 38.2. The van der Waals surface area contributed by atoms with Gasteiger partial charge in [0, 0.05) is 43.0 Å². The maximum atomic E-state index is 14.9. The molecule has 8 N–H and O–H groups in total. The smallest absolute Gasteiger partial charge is 0.411 e. The summed E-state index contributed by atoms with van der Waals surface area (Å²) in [5.74, 6) is -2.96. The molecule has 0 saturated carbocycles. The molecule has 0 bridgehead atoms. The van der Waals surface area contributed by atoms with Crippen molar-refractivity contribution in [2.75, 3.05) is 88.2 Å². The zero-order valence-corrected chi connectivity index (χ0v) is 70.8. The van der Waals surface area contributed by atoms with Gasteiger partial charge in [0.05, 0.1) is 75.2 Å². The Morgan fingerprint density at radius 1 is 0.478 bits per heavy atom. The number of hydrogen-bond acceptors (Lipinski definition) is 20. The predicted octanol–water partition coefficient (Wildman–Crippen LogP) is 13.1. The molecule has 10 amide bonds. The summed E-state index contributed by atoms with van der Waals surface area (Å²) in [5, 5.41) is 21.2. The Hall–Kier alpha value is -10.2. The molecule has 0 unspecified atom stereocenters. The SMILES string of the molecule is C=CCOC(=O)N[C@H](C(=O)N[C@@H](C)C(=O)Nc1ccc(COC(=O)Nc2cc(OCCCOc3cc(NC(=O)OCc4ccc(NC(=O)[C@H](C)NC(=O)[C@@H](NC(=O)OCC=C)C(C)C)cc4)c(C(=O)N4CCC[C@H]4CO[Si](C)(C)C(C)(C)C)cc3OC)c(OC)cc2C(=O)N2CCC[C@H]2CO[Si](C)(C)C(C)(C)C)cc1)C(C)C. The Labute approximate surface area is 666 Å². The minimum absolute atomic E-state index is 0.00406. The number of hydrogen-bond donors (Lipinski definition) is 8. The molecule has 30 nitrogen and oxygen atoms in total. The maximum absolute atomic E-state index is 14.9. The number of methoxy groups -OCH3 is 2. The van der Waals surface area contributed by atoms with Crippen LogP contribution in [-0.2, 0) is 60.2 Å². The van der Waals surface area contributed by atoms with Crippen LogP contribution in [0.15, 0.2) is 98.1 Å². The second kappa shape index (κ2) is 42.1. The van der Waals surface area contributed by atoms with Crippen molar-refractivity contribution in [1.29, 1.82) is 0 Å². The molecule has 4 aromatic carbocycles. The lowest BCUT2D eigenvalue weighted by atomic mass is 10.0. The van der Waals surface area contributed by atoms with E-state index >= 15 is 0 Å². The predicted molar refractivity (Wildman–Crippen MR) is 436 cm³/mol. The summed E-state index contributed by atoms with van der Waals surface area (Å²) in [6.45, 7) is 39.5. The lowest BCUT2D eigenvalue weighted by Gasteiger charge is -2.38. The van der Waals surface area contributed by atoms with E-state index in [2.05, 4.69) is 123 Å². The van der Waals surface area contributed by atoms with Gasteiger partial charge >= 0.3 is 24.4 Å². The van der Waals surface area contributed by atoms with Crippen LogP contribution in [0, 0.1) is 11.8 Å². The molecule has 6 atom stereocenters. The van der Waals surface area contributed by atoms with Gasteiger partial charge in [-0.3, -0.25) is 39.4 Å². The van der Waals surface area contributed by atoms with Crippen molar-refractivity contribution in [3.63, 3.8) is 0 Å². The van der Waals surface area contributed by atoms with Crippen molar-refractivity contribution in [2.24, 2.45) is 11.8 Å². The molecule has 32 heteroatoms. The molecule has 2 aliphatic heterocycles. The molecule has 4 aromatic rings. The standard InChI is InChI=1S/C81H118N10O20Si2/c1-21-38-106-78(100)88-68(50(3)4)72(94)82-52(7)70(92)84-56-32-28-54(29-33-56)46-108-76(98)86-62-44-66(64(102-15)42-60(62)74(96)90-36-23-26-58(90)48-110-112(17,18)80(9,10)11)104-40-25-41-105-67-45-63(61(43-65(67)103-16)75(97)91-37-24-27-59(91)49-111-113(19,20)81(12,13)14)87-77(99)109-47-55-30-34-57(35-31-55)85-71(93)53(8)83-73(95)69(51(5)6)89-79(101)107-39-22-2/h21-22,28-35,42-45,50-53,58-59,68-69H,1-2,23-27,36-41,46-49H2,3-20H3,(H,82,94)(H,83,95)(H,84,92)(H,85,93)(H,86,98)(H,87,99)(H,88,100)(H,89,101)/t52-,53-,58-,59-,68-,69-/m0/s1. The molecule has 113 heavy (non-hydrogen) atoms. The van der Waals surface area contributed by atoms with Crippen LogP contribution in [0.1, 0.15) is 147 Å². The Morgan fingerprint density at radius 2 is 0.832 bits per heavy atom. The van der Waals surface area contributed by atoms with Crippen LogP contribution in [-0.4, -0.2) is 189 Å². The number of carbonyl (C=O) groups is 10. The molecule has 0 radical (unpaired) electrons. The Bertz CT molecular complexity index is 3720. The monoisotopic (exact) mass is 1610 g/mol. The van der Waals surface area contributed by atoms with E-state index in [0.29, 0.717) is 61.6 Å². The summed E-state index contributed by atoms with van der Waals surface area (Å²) >= 11 is 0. The highest BCUT2D eigenvalue weighted by Gasteiger charge is 2.42. The van der Waals surface area contributed by atoms with Crippen molar-refractivity contribution >= 4 is 99.2 Å². The van der Waals surface area contributed by atoms with Gasteiger partial charge in [0.25, 0.3) is 11.8 Å². The molecule has 0 spiro atoms. The molecular weight excluding hydrogens is 1490 g/mol. The van der Waals surface area contributed by atoms with Crippen LogP contribution in [0.2, 0.25) is 36.3 Å². The van der Waals surface area contributed by atoms with Gasteiger partial charge in [0.15, 0.2) is 39.6 Å². The second-order valence-corrected chi connectivity index (χ2v) is 41.2. The van der Waals surface area contributed by atoms with Crippen LogP contribution in [0.4, 0.5) is 41.9 Å². The molecule has 0 aromatic heterocycles. The largest absolute Gasteiger partial charge is 0.493 e. The zero-order valence-electron chi connectivity index (χ0n) is 68.8. The summed E-state index contributed by atoms with van der Waals surface area (Å²) in [6, 6.07) is 14.5. The minimum Gasteiger partial charge on any atom is -0.493 e. The van der Waals surface area contributed by atoms with E-state index in [0.717, 1.165) is 12.8 Å².